The fourth-order valence-electron chi connectivity index (χ4n) is 3.56. The Morgan fingerprint density at radius 2 is 1.45 bits per heavy atom. The summed E-state index contributed by atoms with van der Waals surface area (Å²) in [4.78, 5) is 74.6. The predicted octanol–water partition coefficient (Wildman–Crippen LogP) is -2.09. The number of amides is 3. The van der Waals surface area contributed by atoms with Crippen LogP contribution in [0, 0.1) is 0 Å². The van der Waals surface area contributed by atoms with Crippen molar-refractivity contribution < 1.29 is 49.2 Å². The van der Waals surface area contributed by atoms with E-state index in [4.69, 9.17) is 15.9 Å². The number of carbonyl (C=O) groups is 6. The minimum Gasteiger partial charge on any atom is -0.481 e. The molecule has 0 aliphatic heterocycles. The quantitative estimate of drug-likeness (QED) is 0.119. The van der Waals surface area contributed by atoms with E-state index < -0.39 is 85.7 Å². The van der Waals surface area contributed by atoms with E-state index in [9.17, 15) is 39.0 Å². The summed E-state index contributed by atoms with van der Waals surface area (Å²) in [6.45, 7) is -0.923. The van der Waals surface area contributed by atoms with E-state index >= 15 is 0 Å². The average Bonchev–Trinajstić information content (AvgIpc) is 3.26. The van der Waals surface area contributed by atoms with Crippen molar-refractivity contribution in [3.05, 3.63) is 36.0 Å². The Morgan fingerprint density at radius 1 is 0.842 bits per heavy atom. The number of aliphatic carboxylic acids is 3. The standard InChI is InChI=1S/C23H29N5O10/c24-13(8-19(32)33)20(34)26-15(5-6-18(30)31)21(35)27-16(22(36)28-17(10-29)23(37)38)7-11-9-25-14-4-2-1-3-12(11)14/h1-4,9,13,15-17,25,29H,5-8,10,24H2,(H,26,34)(H,27,35)(H,28,36)(H,30,31)(H,32,33)(H,37,38). The molecule has 0 aliphatic rings. The lowest BCUT2D eigenvalue weighted by atomic mass is 10.0. The van der Waals surface area contributed by atoms with Gasteiger partial charge in [0.15, 0.2) is 0 Å². The van der Waals surface area contributed by atoms with Crippen LogP contribution in [0.4, 0.5) is 0 Å². The summed E-state index contributed by atoms with van der Waals surface area (Å²) < 4.78 is 0. The van der Waals surface area contributed by atoms with Gasteiger partial charge in [0.25, 0.3) is 0 Å². The Morgan fingerprint density at radius 3 is 2.05 bits per heavy atom. The highest BCUT2D eigenvalue weighted by molar-refractivity contribution is 5.95. The molecular weight excluding hydrogens is 506 g/mol. The fraction of sp³-hybridized carbons (Fsp3) is 0.391. The normalized spacial score (nSPS) is 14.1. The number of rotatable bonds is 15. The van der Waals surface area contributed by atoms with Gasteiger partial charge in [0.05, 0.1) is 19.1 Å². The number of nitrogens with one attached hydrogen (secondary N) is 4. The molecule has 0 radical (unpaired) electrons. The fourth-order valence-corrected chi connectivity index (χ4v) is 3.56. The van der Waals surface area contributed by atoms with Crippen LogP contribution in [0.25, 0.3) is 10.9 Å². The van der Waals surface area contributed by atoms with E-state index in [2.05, 4.69) is 20.9 Å². The number of aromatic amines is 1. The summed E-state index contributed by atoms with van der Waals surface area (Å²) in [5, 5.41) is 43.8. The maximum Gasteiger partial charge on any atom is 0.328 e. The van der Waals surface area contributed by atoms with Crippen LogP contribution in [0.5, 0.6) is 0 Å². The number of H-pyrrole nitrogens is 1. The number of aliphatic hydroxyl groups is 1. The van der Waals surface area contributed by atoms with Crippen LogP contribution in [0.2, 0.25) is 0 Å². The van der Waals surface area contributed by atoms with Crippen molar-refractivity contribution in [1.29, 1.82) is 0 Å². The summed E-state index contributed by atoms with van der Waals surface area (Å²) in [5.74, 6) is -7.15. The minimum absolute atomic E-state index is 0.141. The second kappa shape index (κ2) is 13.7. The first-order valence-electron chi connectivity index (χ1n) is 11.4. The molecule has 2 rings (SSSR count). The zero-order chi connectivity index (χ0) is 28.4. The molecule has 1 aromatic carbocycles. The molecule has 3 amide bonds. The first-order valence-corrected chi connectivity index (χ1v) is 11.4. The molecule has 0 aliphatic carbocycles. The number of nitrogens with two attached hydrogens (primary N) is 1. The van der Waals surface area contributed by atoms with Crippen molar-refractivity contribution in [3.8, 4) is 0 Å². The second-order valence-corrected chi connectivity index (χ2v) is 8.40. The van der Waals surface area contributed by atoms with E-state index in [1.807, 2.05) is 0 Å². The molecule has 0 saturated heterocycles. The van der Waals surface area contributed by atoms with E-state index in [0.29, 0.717) is 10.9 Å². The number of benzene rings is 1. The van der Waals surface area contributed by atoms with Gasteiger partial charge in [0.2, 0.25) is 17.7 Å². The largest absolute Gasteiger partial charge is 0.481 e. The summed E-state index contributed by atoms with van der Waals surface area (Å²) in [6, 6.07) is 0.939. The molecule has 1 heterocycles. The highest BCUT2D eigenvalue weighted by atomic mass is 16.4. The van der Waals surface area contributed by atoms with Crippen molar-refractivity contribution in [2.24, 2.45) is 5.73 Å². The van der Waals surface area contributed by atoms with Crippen LogP contribution in [0.15, 0.2) is 30.5 Å². The van der Waals surface area contributed by atoms with Crippen LogP contribution < -0.4 is 21.7 Å². The summed E-state index contributed by atoms with van der Waals surface area (Å²) in [5.41, 5.74) is 6.83. The van der Waals surface area contributed by atoms with Gasteiger partial charge in [-0.3, -0.25) is 24.0 Å². The van der Waals surface area contributed by atoms with E-state index in [1.54, 1.807) is 30.5 Å². The van der Waals surface area contributed by atoms with Crippen molar-refractivity contribution in [2.75, 3.05) is 6.61 Å². The number of aromatic nitrogens is 1. The second-order valence-electron chi connectivity index (χ2n) is 8.40. The Hall–Kier alpha value is -4.50. The number of para-hydroxylation sites is 1. The number of carboxylic acids is 3. The molecule has 0 spiro atoms. The topological polar surface area (TPSA) is 261 Å². The molecule has 1 aromatic heterocycles. The van der Waals surface area contributed by atoms with Gasteiger partial charge < -0.3 is 47.1 Å². The Balaban J connectivity index is 2.31. The van der Waals surface area contributed by atoms with E-state index in [1.165, 1.54) is 0 Å². The molecule has 4 unspecified atom stereocenters. The number of aliphatic hydroxyl groups excluding tert-OH is 1. The third-order valence-corrected chi connectivity index (χ3v) is 5.54. The molecule has 0 fully saturated rings. The van der Waals surface area contributed by atoms with Crippen LogP contribution in [-0.4, -0.2) is 91.8 Å². The average molecular weight is 536 g/mol. The first-order chi connectivity index (χ1) is 17.9. The number of fused-ring (bicyclic) bond motifs is 1. The van der Waals surface area contributed by atoms with Crippen molar-refractivity contribution in [3.63, 3.8) is 0 Å². The number of hydrogen-bond acceptors (Lipinski definition) is 8. The lowest BCUT2D eigenvalue weighted by molar-refractivity contribution is -0.143. The molecule has 4 atom stereocenters. The molecule has 206 valence electrons. The SMILES string of the molecule is NC(CC(=O)O)C(=O)NC(CCC(=O)O)C(=O)NC(Cc1c[nH]c2ccccc12)C(=O)NC(CO)C(=O)O. The summed E-state index contributed by atoms with van der Waals surface area (Å²) >= 11 is 0. The van der Waals surface area contributed by atoms with Gasteiger partial charge in [-0.1, -0.05) is 18.2 Å². The third kappa shape index (κ3) is 8.56. The van der Waals surface area contributed by atoms with Gasteiger partial charge in [-0.05, 0) is 18.1 Å². The molecule has 0 bridgehead atoms. The molecule has 2 aromatic rings. The van der Waals surface area contributed by atoms with Crippen LogP contribution in [-0.2, 0) is 35.2 Å². The van der Waals surface area contributed by atoms with E-state index in [0.717, 1.165) is 5.52 Å². The number of hydrogen-bond donors (Lipinski definition) is 9. The van der Waals surface area contributed by atoms with Crippen LogP contribution >= 0.6 is 0 Å². The minimum atomic E-state index is -1.67. The summed E-state index contributed by atoms with van der Waals surface area (Å²) in [7, 11) is 0. The first kappa shape index (κ1) is 29.7. The zero-order valence-corrected chi connectivity index (χ0v) is 20.0. The van der Waals surface area contributed by atoms with Gasteiger partial charge in [-0.25, -0.2) is 4.79 Å². The van der Waals surface area contributed by atoms with Crippen molar-refractivity contribution in [2.45, 2.75) is 49.9 Å². The molecule has 10 N–H and O–H groups in total. The monoisotopic (exact) mass is 535 g/mol. The zero-order valence-electron chi connectivity index (χ0n) is 20.0. The number of carbonyl (C=O) groups excluding carboxylic acids is 3. The highest BCUT2D eigenvalue weighted by Crippen LogP contribution is 2.19. The highest BCUT2D eigenvalue weighted by Gasteiger charge is 2.31. The smallest absolute Gasteiger partial charge is 0.328 e. The van der Waals surface area contributed by atoms with Gasteiger partial charge in [0, 0.05) is 29.9 Å². The molecule has 15 heteroatoms. The summed E-state index contributed by atoms with van der Waals surface area (Å²) in [6.07, 6.45) is -0.272. The Bertz CT molecular complexity index is 1200. The van der Waals surface area contributed by atoms with Crippen LogP contribution in [0.3, 0.4) is 0 Å². The van der Waals surface area contributed by atoms with Crippen molar-refractivity contribution >= 4 is 46.5 Å². The Kier molecular flexibility index (Phi) is 10.7. The molecule has 15 nitrogen and oxygen atoms in total. The molecule has 0 saturated carbocycles. The predicted molar refractivity (Wildman–Crippen MR) is 130 cm³/mol. The van der Waals surface area contributed by atoms with Gasteiger partial charge in [-0.2, -0.15) is 0 Å². The van der Waals surface area contributed by atoms with Crippen LogP contribution in [0.1, 0.15) is 24.8 Å². The van der Waals surface area contributed by atoms with Gasteiger partial charge >= 0.3 is 17.9 Å². The molecule has 38 heavy (non-hydrogen) atoms. The van der Waals surface area contributed by atoms with E-state index in [-0.39, 0.29) is 6.42 Å². The third-order valence-electron chi connectivity index (χ3n) is 5.54. The lowest BCUT2D eigenvalue weighted by Crippen LogP contribution is -2.58. The molecular formula is C23H29N5O10. The lowest BCUT2D eigenvalue weighted by Gasteiger charge is -2.24. The van der Waals surface area contributed by atoms with Gasteiger partial charge in [0.1, 0.15) is 18.1 Å². The Labute approximate surface area is 215 Å². The van der Waals surface area contributed by atoms with Gasteiger partial charge in [-0.15, -0.1) is 0 Å². The number of carboxylic acid groups (broad SMARTS) is 3. The maximum absolute atomic E-state index is 13.1. The van der Waals surface area contributed by atoms with Crippen molar-refractivity contribution in [1.82, 2.24) is 20.9 Å². The maximum atomic E-state index is 13.1.